The van der Waals surface area contributed by atoms with Gasteiger partial charge in [-0.1, -0.05) is 24.3 Å². The average molecular weight is 492 g/mol. The Morgan fingerprint density at radius 1 is 1.09 bits per heavy atom. The van der Waals surface area contributed by atoms with E-state index in [1.54, 1.807) is 31.2 Å². The van der Waals surface area contributed by atoms with Crippen molar-refractivity contribution in [3.8, 4) is 0 Å². The van der Waals surface area contributed by atoms with E-state index < -0.39 is 30.0 Å². The van der Waals surface area contributed by atoms with Crippen LogP contribution in [0, 0.1) is 5.82 Å². The Bertz CT molecular complexity index is 1120. The first-order valence-electron chi connectivity index (χ1n) is 11.1. The molecule has 0 bridgehead atoms. The molecule has 186 valence electrons. The number of esters is 1. The molecule has 0 aromatic heterocycles. The molecule has 0 spiro atoms. The molecule has 1 saturated heterocycles. The number of hydrogen-bond donors (Lipinski definition) is 1. The maximum atomic E-state index is 13.3. The standard InChI is InChI=1S/C25H24F4N2O4/c1-2-35-22(32)21-13-31(25(27,28)29)12-11-20(21)16-3-5-17(6-4-16)24(14-34-15-24)23(33)30-19-9-7-18(26)8-10-19/h3-10H,2,11-15H2,1H3,(H,30,33). The van der Waals surface area contributed by atoms with Crippen molar-refractivity contribution in [1.82, 2.24) is 4.90 Å². The SMILES string of the molecule is CCOC(=O)C1=C(c2ccc(C3(C(=O)Nc4ccc(F)cc4)COC3)cc2)CCN(C(F)(F)F)C1. The molecule has 10 heteroatoms. The van der Waals surface area contributed by atoms with Crippen molar-refractivity contribution >= 4 is 23.1 Å². The molecule has 2 aliphatic rings. The van der Waals surface area contributed by atoms with Crippen LogP contribution in [0.15, 0.2) is 54.1 Å². The Morgan fingerprint density at radius 2 is 1.74 bits per heavy atom. The average Bonchev–Trinajstić information content (AvgIpc) is 2.79. The van der Waals surface area contributed by atoms with E-state index in [0.717, 1.165) is 0 Å². The van der Waals surface area contributed by atoms with E-state index >= 15 is 0 Å². The molecule has 2 heterocycles. The Balaban J connectivity index is 1.60. The van der Waals surface area contributed by atoms with Crippen LogP contribution >= 0.6 is 0 Å². The third-order valence-electron chi connectivity index (χ3n) is 6.24. The van der Waals surface area contributed by atoms with Gasteiger partial charge in [0.1, 0.15) is 11.2 Å². The molecule has 2 aliphatic heterocycles. The zero-order valence-corrected chi connectivity index (χ0v) is 19.0. The topological polar surface area (TPSA) is 67.9 Å². The zero-order valence-electron chi connectivity index (χ0n) is 19.0. The van der Waals surface area contributed by atoms with Gasteiger partial charge in [-0.3, -0.25) is 4.79 Å². The number of amides is 1. The Kier molecular flexibility index (Phi) is 6.95. The van der Waals surface area contributed by atoms with Gasteiger partial charge in [0.05, 0.1) is 25.4 Å². The summed E-state index contributed by atoms with van der Waals surface area (Å²) in [4.78, 5) is 25.8. The van der Waals surface area contributed by atoms with Crippen LogP contribution in [0.25, 0.3) is 5.57 Å². The molecule has 0 atom stereocenters. The maximum absolute atomic E-state index is 13.3. The van der Waals surface area contributed by atoms with Crippen molar-refractivity contribution in [2.45, 2.75) is 25.1 Å². The lowest BCUT2D eigenvalue weighted by molar-refractivity contribution is -0.243. The van der Waals surface area contributed by atoms with E-state index in [1.807, 2.05) is 0 Å². The summed E-state index contributed by atoms with van der Waals surface area (Å²) in [7, 11) is 0. The van der Waals surface area contributed by atoms with Crippen molar-refractivity contribution in [3.63, 3.8) is 0 Å². The van der Waals surface area contributed by atoms with Gasteiger partial charge in [0.15, 0.2) is 0 Å². The Morgan fingerprint density at radius 3 is 2.29 bits per heavy atom. The van der Waals surface area contributed by atoms with Gasteiger partial charge in [-0.25, -0.2) is 14.1 Å². The fraction of sp³-hybridized carbons (Fsp3) is 0.360. The first kappa shape index (κ1) is 24.9. The number of nitrogens with zero attached hydrogens (tertiary/aromatic N) is 1. The predicted octanol–water partition coefficient (Wildman–Crippen LogP) is 4.27. The molecule has 0 aliphatic carbocycles. The van der Waals surface area contributed by atoms with Crippen LogP contribution in [0.5, 0.6) is 0 Å². The molecule has 35 heavy (non-hydrogen) atoms. The van der Waals surface area contributed by atoms with Crippen LogP contribution in [0.3, 0.4) is 0 Å². The summed E-state index contributed by atoms with van der Waals surface area (Å²) < 4.78 is 63.3. The molecule has 0 radical (unpaired) electrons. The van der Waals surface area contributed by atoms with Crippen LogP contribution < -0.4 is 5.32 Å². The quantitative estimate of drug-likeness (QED) is 0.371. The van der Waals surface area contributed by atoms with E-state index in [2.05, 4.69) is 5.32 Å². The second-order valence-corrected chi connectivity index (χ2v) is 8.43. The molecule has 4 rings (SSSR count). The highest BCUT2D eigenvalue weighted by atomic mass is 19.4. The van der Waals surface area contributed by atoms with Gasteiger partial charge in [0, 0.05) is 18.8 Å². The van der Waals surface area contributed by atoms with E-state index in [4.69, 9.17) is 9.47 Å². The highest BCUT2D eigenvalue weighted by Gasteiger charge is 2.47. The van der Waals surface area contributed by atoms with Gasteiger partial charge in [0.25, 0.3) is 0 Å². The van der Waals surface area contributed by atoms with Crippen molar-refractivity contribution in [2.24, 2.45) is 0 Å². The number of nitrogens with one attached hydrogen (secondary N) is 1. The van der Waals surface area contributed by atoms with Gasteiger partial charge >= 0.3 is 12.3 Å². The lowest BCUT2D eigenvalue weighted by atomic mass is 9.77. The van der Waals surface area contributed by atoms with Gasteiger partial charge in [0.2, 0.25) is 5.91 Å². The first-order chi connectivity index (χ1) is 16.6. The second kappa shape index (κ2) is 9.79. The summed E-state index contributed by atoms with van der Waals surface area (Å²) in [5, 5.41) is 2.78. The normalized spacial score (nSPS) is 18.1. The summed E-state index contributed by atoms with van der Waals surface area (Å²) in [5.74, 6) is -1.51. The lowest BCUT2D eigenvalue weighted by Crippen LogP contribution is -2.55. The van der Waals surface area contributed by atoms with Crippen LogP contribution in [0.4, 0.5) is 23.2 Å². The minimum atomic E-state index is -4.55. The first-order valence-corrected chi connectivity index (χ1v) is 11.1. The number of alkyl halides is 3. The summed E-state index contributed by atoms with van der Waals surface area (Å²) in [6.07, 6.45) is -4.53. The van der Waals surface area contributed by atoms with Gasteiger partial charge in [-0.15, -0.1) is 0 Å². The third-order valence-corrected chi connectivity index (χ3v) is 6.24. The van der Waals surface area contributed by atoms with E-state index in [0.29, 0.717) is 22.4 Å². The number of benzene rings is 2. The maximum Gasteiger partial charge on any atom is 0.460 e. The molecule has 1 N–H and O–H groups in total. The van der Waals surface area contributed by atoms with Crippen molar-refractivity contribution < 1.29 is 36.6 Å². The number of halogens is 4. The molecule has 6 nitrogen and oxygen atoms in total. The van der Waals surface area contributed by atoms with E-state index in [-0.39, 0.29) is 49.2 Å². The summed E-state index contributed by atoms with van der Waals surface area (Å²) in [6, 6.07) is 12.2. The molecule has 2 aromatic rings. The zero-order chi connectivity index (χ0) is 25.2. The minimum Gasteiger partial charge on any atom is -0.463 e. The molecule has 0 saturated carbocycles. The summed E-state index contributed by atoms with van der Waals surface area (Å²) >= 11 is 0. The summed E-state index contributed by atoms with van der Waals surface area (Å²) in [5.41, 5.74) is 1.21. The number of anilines is 1. The number of rotatable bonds is 6. The van der Waals surface area contributed by atoms with Crippen LogP contribution in [0.1, 0.15) is 24.5 Å². The van der Waals surface area contributed by atoms with Gasteiger partial charge < -0.3 is 14.8 Å². The van der Waals surface area contributed by atoms with Crippen LogP contribution in [-0.2, 0) is 24.5 Å². The number of carbonyl (C=O) groups excluding carboxylic acids is 2. The van der Waals surface area contributed by atoms with E-state index in [1.165, 1.54) is 24.3 Å². The molecule has 2 aromatic carbocycles. The number of carbonyl (C=O) groups is 2. The molecular formula is C25H24F4N2O4. The Labute approximate surface area is 199 Å². The van der Waals surface area contributed by atoms with Gasteiger partial charge in [-0.2, -0.15) is 13.2 Å². The Hall–Kier alpha value is -3.24. The minimum absolute atomic E-state index is 0.0201. The predicted molar refractivity (Wildman–Crippen MR) is 120 cm³/mol. The molecule has 0 unspecified atom stereocenters. The molecule has 1 fully saturated rings. The largest absolute Gasteiger partial charge is 0.463 e. The summed E-state index contributed by atoms with van der Waals surface area (Å²) in [6.45, 7) is 1.08. The third kappa shape index (κ3) is 5.08. The smallest absolute Gasteiger partial charge is 0.460 e. The fourth-order valence-corrected chi connectivity index (χ4v) is 4.21. The molecule has 1 amide bonds. The molecular weight excluding hydrogens is 468 g/mol. The van der Waals surface area contributed by atoms with Crippen LogP contribution in [-0.4, -0.2) is 56.0 Å². The van der Waals surface area contributed by atoms with Crippen molar-refractivity contribution in [3.05, 3.63) is 71.0 Å². The van der Waals surface area contributed by atoms with E-state index in [9.17, 15) is 27.2 Å². The van der Waals surface area contributed by atoms with Crippen molar-refractivity contribution in [2.75, 3.05) is 38.2 Å². The van der Waals surface area contributed by atoms with Crippen molar-refractivity contribution in [1.29, 1.82) is 0 Å². The lowest BCUT2D eigenvalue weighted by Gasteiger charge is -2.40. The second-order valence-electron chi connectivity index (χ2n) is 8.43. The highest BCUT2D eigenvalue weighted by molar-refractivity contribution is 6.01. The number of hydrogen-bond acceptors (Lipinski definition) is 5. The van der Waals surface area contributed by atoms with Gasteiger partial charge in [-0.05, 0) is 54.3 Å². The van der Waals surface area contributed by atoms with Crippen LogP contribution in [0.2, 0.25) is 0 Å². The highest BCUT2D eigenvalue weighted by Crippen LogP contribution is 2.37. The fourth-order valence-electron chi connectivity index (χ4n) is 4.21. The monoisotopic (exact) mass is 492 g/mol. The number of ether oxygens (including phenoxy) is 2.